The van der Waals surface area contributed by atoms with Crippen LogP contribution >= 0.6 is 0 Å². The molecule has 0 N–H and O–H groups in total. The van der Waals surface area contributed by atoms with Crippen molar-refractivity contribution in [2.24, 2.45) is 0 Å². The summed E-state index contributed by atoms with van der Waals surface area (Å²) in [4.78, 5) is 0. The van der Waals surface area contributed by atoms with Gasteiger partial charge in [-0.3, -0.25) is 0 Å². The molecular formula is C22H25F3O2. The maximum absolute atomic E-state index is 14.3. The van der Waals surface area contributed by atoms with Gasteiger partial charge in [0.2, 0.25) is 5.82 Å². The van der Waals surface area contributed by atoms with E-state index in [2.05, 4.69) is 0 Å². The normalized spacial score (nSPS) is 19.9. The van der Waals surface area contributed by atoms with Crippen molar-refractivity contribution >= 4 is 0 Å². The molecule has 0 atom stereocenters. The fourth-order valence-corrected chi connectivity index (χ4v) is 3.70. The Hall–Kier alpha value is -2.01. The van der Waals surface area contributed by atoms with E-state index in [1.807, 2.05) is 13.0 Å². The van der Waals surface area contributed by atoms with E-state index in [1.165, 1.54) is 13.2 Å². The second-order valence-corrected chi connectivity index (χ2v) is 7.05. The van der Waals surface area contributed by atoms with Gasteiger partial charge in [-0.05, 0) is 61.3 Å². The minimum absolute atomic E-state index is 0.0117. The second kappa shape index (κ2) is 8.79. The van der Waals surface area contributed by atoms with Crippen LogP contribution < -0.4 is 4.74 Å². The van der Waals surface area contributed by atoms with E-state index in [0.29, 0.717) is 24.0 Å². The Morgan fingerprint density at radius 3 is 2.33 bits per heavy atom. The van der Waals surface area contributed by atoms with Crippen LogP contribution in [0.5, 0.6) is 5.75 Å². The van der Waals surface area contributed by atoms with Crippen LogP contribution in [0.2, 0.25) is 0 Å². The third kappa shape index (κ3) is 4.46. The predicted molar refractivity (Wildman–Crippen MR) is 98.5 cm³/mol. The lowest BCUT2D eigenvalue weighted by molar-refractivity contribution is 0.0118. The third-order valence-corrected chi connectivity index (χ3v) is 5.41. The van der Waals surface area contributed by atoms with Crippen LogP contribution in [-0.4, -0.2) is 13.2 Å². The highest BCUT2D eigenvalue weighted by molar-refractivity contribution is 5.33. The molecule has 0 radical (unpaired) electrons. The number of hydrogen-bond acceptors (Lipinski definition) is 2. The van der Waals surface area contributed by atoms with E-state index in [4.69, 9.17) is 9.47 Å². The highest BCUT2D eigenvalue weighted by Crippen LogP contribution is 2.37. The van der Waals surface area contributed by atoms with Gasteiger partial charge in [0.25, 0.3) is 0 Å². The zero-order chi connectivity index (χ0) is 19.4. The first-order chi connectivity index (χ1) is 13.0. The molecule has 0 spiro atoms. The monoisotopic (exact) mass is 378 g/mol. The molecule has 1 aliphatic carbocycles. The molecule has 1 aliphatic rings. The standard InChI is InChI=1S/C22H25F3O2/c1-3-14-4-5-16(19(23)12-14)13-27-17-8-6-15(7-9-17)18-10-11-20(26-2)22(25)21(18)24/h4-5,10-12,15,17H,3,6-9,13H2,1-2H3. The lowest BCUT2D eigenvalue weighted by Crippen LogP contribution is -2.21. The fraction of sp³-hybridized carbons (Fsp3) is 0.455. The summed E-state index contributed by atoms with van der Waals surface area (Å²) in [6.45, 7) is 2.22. The van der Waals surface area contributed by atoms with Crippen LogP contribution in [0.1, 0.15) is 55.2 Å². The third-order valence-electron chi connectivity index (χ3n) is 5.41. The molecule has 2 aromatic rings. The molecule has 0 amide bonds. The molecule has 0 heterocycles. The van der Waals surface area contributed by atoms with Crippen LogP contribution in [0.25, 0.3) is 0 Å². The molecule has 0 saturated heterocycles. The quantitative estimate of drug-likeness (QED) is 0.621. The molecule has 5 heteroatoms. The highest BCUT2D eigenvalue weighted by Gasteiger charge is 2.27. The van der Waals surface area contributed by atoms with Crippen molar-refractivity contribution in [2.45, 2.75) is 57.7 Å². The molecule has 0 bridgehead atoms. The van der Waals surface area contributed by atoms with Crippen LogP contribution in [0.3, 0.4) is 0 Å². The number of aryl methyl sites for hydroxylation is 1. The summed E-state index contributed by atoms with van der Waals surface area (Å²) < 4.78 is 53.0. The summed E-state index contributed by atoms with van der Waals surface area (Å²) in [6.07, 6.45) is 3.72. The average Bonchev–Trinajstić information content (AvgIpc) is 2.69. The van der Waals surface area contributed by atoms with Crippen molar-refractivity contribution < 1.29 is 22.6 Å². The molecule has 2 nitrogen and oxygen atoms in total. The predicted octanol–water partition coefficient (Wildman–Crippen LogP) is 5.92. The van der Waals surface area contributed by atoms with Crippen molar-refractivity contribution in [3.63, 3.8) is 0 Å². The van der Waals surface area contributed by atoms with E-state index in [-0.39, 0.29) is 30.2 Å². The molecule has 0 aliphatic heterocycles. The Labute approximate surface area is 158 Å². The minimum Gasteiger partial charge on any atom is -0.494 e. The summed E-state index contributed by atoms with van der Waals surface area (Å²) in [6, 6.07) is 8.32. The summed E-state index contributed by atoms with van der Waals surface area (Å²) in [7, 11) is 1.32. The number of hydrogen-bond donors (Lipinski definition) is 0. The topological polar surface area (TPSA) is 18.5 Å². The maximum atomic E-state index is 14.3. The van der Waals surface area contributed by atoms with E-state index in [0.717, 1.165) is 24.8 Å². The van der Waals surface area contributed by atoms with Gasteiger partial charge >= 0.3 is 0 Å². The first-order valence-corrected chi connectivity index (χ1v) is 9.44. The Morgan fingerprint density at radius 2 is 1.70 bits per heavy atom. The molecule has 1 fully saturated rings. The van der Waals surface area contributed by atoms with Gasteiger partial charge in [-0.1, -0.05) is 25.1 Å². The van der Waals surface area contributed by atoms with Gasteiger partial charge in [-0.25, -0.2) is 8.78 Å². The average molecular weight is 378 g/mol. The Kier molecular flexibility index (Phi) is 6.42. The van der Waals surface area contributed by atoms with Crippen LogP contribution in [0.4, 0.5) is 13.2 Å². The van der Waals surface area contributed by atoms with Gasteiger partial charge in [0, 0.05) is 5.56 Å². The molecule has 146 valence electrons. The van der Waals surface area contributed by atoms with E-state index < -0.39 is 11.6 Å². The minimum atomic E-state index is -0.931. The summed E-state index contributed by atoms with van der Waals surface area (Å²) in [5, 5.41) is 0. The Morgan fingerprint density at radius 1 is 0.963 bits per heavy atom. The lowest BCUT2D eigenvalue weighted by atomic mass is 9.82. The van der Waals surface area contributed by atoms with Crippen LogP contribution in [0, 0.1) is 17.5 Å². The van der Waals surface area contributed by atoms with Crippen molar-refractivity contribution in [2.75, 3.05) is 7.11 Å². The van der Waals surface area contributed by atoms with Crippen molar-refractivity contribution in [3.8, 4) is 5.75 Å². The van der Waals surface area contributed by atoms with Gasteiger partial charge < -0.3 is 9.47 Å². The summed E-state index contributed by atoms with van der Waals surface area (Å²) >= 11 is 0. The lowest BCUT2D eigenvalue weighted by Gasteiger charge is -2.29. The summed E-state index contributed by atoms with van der Waals surface area (Å²) in [5.74, 6) is -2.11. The number of methoxy groups -OCH3 is 1. The Bertz CT molecular complexity index is 783. The molecule has 1 saturated carbocycles. The number of ether oxygens (including phenoxy) is 2. The van der Waals surface area contributed by atoms with E-state index >= 15 is 0 Å². The van der Waals surface area contributed by atoms with Gasteiger partial charge in [0.05, 0.1) is 19.8 Å². The number of benzene rings is 2. The number of rotatable bonds is 6. The van der Waals surface area contributed by atoms with E-state index in [9.17, 15) is 13.2 Å². The number of halogens is 3. The molecule has 0 aromatic heterocycles. The van der Waals surface area contributed by atoms with Crippen LogP contribution in [0.15, 0.2) is 30.3 Å². The summed E-state index contributed by atoms with van der Waals surface area (Å²) in [5.41, 5.74) is 1.91. The second-order valence-electron chi connectivity index (χ2n) is 7.05. The zero-order valence-electron chi connectivity index (χ0n) is 15.7. The van der Waals surface area contributed by atoms with Gasteiger partial charge in [-0.2, -0.15) is 4.39 Å². The largest absolute Gasteiger partial charge is 0.494 e. The van der Waals surface area contributed by atoms with Gasteiger partial charge in [0.1, 0.15) is 5.82 Å². The highest BCUT2D eigenvalue weighted by atomic mass is 19.2. The fourth-order valence-electron chi connectivity index (χ4n) is 3.70. The molecule has 2 aromatic carbocycles. The van der Waals surface area contributed by atoms with Gasteiger partial charge in [-0.15, -0.1) is 0 Å². The first-order valence-electron chi connectivity index (χ1n) is 9.44. The first kappa shape index (κ1) is 19.7. The smallest absolute Gasteiger partial charge is 0.200 e. The SMILES string of the molecule is CCc1ccc(COC2CCC(c3ccc(OC)c(F)c3F)CC2)c(F)c1. The van der Waals surface area contributed by atoms with E-state index in [1.54, 1.807) is 18.2 Å². The molecule has 27 heavy (non-hydrogen) atoms. The van der Waals surface area contributed by atoms with Crippen LogP contribution in [-0.2, 0) is 17.8 Å². The van der Waals surface area contributed by atoms with Crippen molar-refractivity contribution in [3.05, 3.63) is 64.5 Å². The Balaban J connectivity index is 1.56. The molecule has 0 unspecified atom stereocenters. The zero-order valence-corrected chi connectivity index (χ0v) is 15.7. The molecular weight excluding hydrogens is 353 g/mol. The van der Waals surface area contributed by atoms with Crippen molar-refractivity contribution in [1.29, 1.82) is 0 Å². The van der Waals surface area contributed by atoms with Gasteiger partial charge in [0.15, 0.2) is 11.6 Å². The van der Waals surface area contributed by atoms with Crippen molar-refractivity contribution in [1.82, 2.24) is 0 Å². The molecule has 3 rings (SSSR count). The maximum Gasteiger partial charge on any atom is 0.200 e.